The molecule has 4 rings (SSSR count). The van der Waals surface area contributed by atoms with Crippen LogP contribution in [0.3, 0.4) is 0 Å². The zero-order valence-corrected chi connectivity index (χ0v) is 22.1. The van der Waals surface area contributed by atoms with E-state index in [9.17, 15) is 9.59 Å². The summed E-state index contributed by atoms with van der Waals surface area (Å²) in [7, 11) is 0. The third kappa shape index (κ3) is 5.78. The second-order valence-corrected chi connectivity index (χ2v) is 10.7. The molecule has 2 amide bonds. The number of nitrogens with zero attached hydrogens (tertiary/aromatic N) is 3. The van der Waals surface area contributed by atoms with Crippen molar-refractivity contribution in [2.75, 3.05) is 18.4 Å². The molecule has 0 radical (unpaired) electrons. The van der Waals surface area contributed by atoms with Gasteiger partial charge in [0.15, 0.2) is 0 Å². The average molecular weight is 489 g/mol. The summed E-state index contributed by atoms with van der Waals surface area (Å²) < 4.78 is 7.45. The first-order valence-corrected chi connectivity index (χ1v) is 12.5. The third-order valence-corrected chi connectivity index (χ3v) is 6.47. The quantitative estimate of drug-likeness (QED) is 0.477. The molecule has 0 saturated carbocycles. The van der Waals surface area contributed by atoms with E-state index in [1.165, 1.54) is 0 Å². The summed E-state index contributed by atoms with van der Waals surface area (Å²) in [6, 6.07) is 14.1. The van der Waals surface area contributed by atoms with Gasteiger partial charge in [0.25, 0.3) is 5.91 Å². The van der Waals surface area contributed by atoms with Gasteiger partial charge in [-0.1, -0.05) is 24.3 Å². The zero-order valence-electron chi connectivity index (χ0n) is 22.1. The van der Waals surface area contributed by atoms with Crippen molar-refractivity contribution in [3.63, 3.8) is 0 Å². The van der Waals surface area contributed by atoms with Crippen LogP contribution in [-0.4, -0.2) is 45.4 Å². The van der Waals surface area contributed by atoms with E-state index in [-0.39, 0.29) is 17.9 Å². The molecule has 1 aliphatic heterocycles. The van der Waals surface area contributed by atoms with Crippen molar-refractivity contribution in [3.05, 3.63) is 76.6 Å². The minimum Gasteiger partial charge on any atom is -0.444 e. The fraction of sp³-hybridized carbons (Fsp3) is 0.414. The highest BCUT2D eigenvalue weighted by molar-refractivity contribution is 6.05. The number of nitrogens with one attached hydrogen (secondary N) is 1. The van der Waals surface area contributed by atoms with E-state index in [0.29, 0.717) is 18.7 Å². The molecule has 190 valence electrons. The van der Waals surface area contributed by atoms with Gasteiger partial charge in [-0.15, -0.1) is 0 Å². The second kappa shape index (κ2) is 10.2. The predicted octanol–water partition coefficient (Wildman–Crippen LogP) is 6.16. The number of carbonyl (C=O) groups is 2. The van der Waals surface area contributed by atoms with Crippen molar-refractivity contribution < 1.29 is 14.3 Å². The van der Waals surface area contributed by atoms with E-state index >= 15 is 0 Å². The van der Waals surface area contributed by atoms with Crippen molar-refractivity contribution in [1.29, 1.82) is 0 Å². The summed E-state index contributed by atoms with van der Waals surface area (Å²) in [4.78, 5) is 27.9. The smallest absolute Gasteiger partial charge is 0.410 e. The van der Waals surface area contributed by atoms with E-state index < -0.39 is 5.60 Å². The molecule has 3 aromatic rings. The number of aromatic nitrogens is 2. The maximum absolute atomic E-state index is 13.5. The number of aryl methyl sites for hydroxylation is 3. The van der Waals surface area contributed by atoms with Crippen molar-refractivity contribution in [2.45, 2.75) is 65.9 Å². The number of hydrogen-bond acceptors (Lipinski definition) is 4. The minimum atomic E-state index is -0.531. The van der Waals surface area contributed by atoms with E-state index in [2.05, 4.69) is 16.5 Å². The molecule has 1 aromatic heterocycles. The Morgan fingerprint density at radius 2 is 1.69 bits per heavy atom. The number of anilines is 1. The van der Waals surface area contributed by atoms with E-state index in [1.807, 2.05) is 82.6 Å². The number of rotatable bonds is 4. The van der Waals surface area contributed by atoms with Crippen LogP contribution in [0.2, 0.25) is 0 Å². The Bertz CT molecular complexity index is 1260. The van der Waals surface area contributed by atoms with Crippen molar-refractivity contribution in [1.82, 2.24) is 14.7 Å². The highest BCUT2D eigenvalue weighted by Crippen LogP contribution is 2.33. The Hall–Kier alpha value is -3.61. The third-order valence-electron chi connectivity index (χ3n) is 6.47. The van der Waals surface area contributed by atoms with Gasteiger partial charge in [0.05, 0.1) is 23.1 Å². The lowest BCUT2D eigenvalue weighted by atomic mass is 9.90. The first-order valence-electron chi connectivity index (χ1n) is 12.5. The Balaban J connectivity index is 1.64. The second-order valence-electron chi connectivity index (χ2n) is 10.7. The highest BCUT2D eigenvalue weighted by atomic mass is 16.6. The summed E-state index contributed by atoms with van der Waals surface area (Å²) >= 11 is 0. The largest absolute Gasteiger partial charge is 0.444 e. The molecule has 0 aliphatic carbocycles. The summed E-state index contributed by atoms with van der Waals surface area (Å²) in [6.45, 7) is 12.8. The lowest BCUT2D eigenvalue weighted by Crippen LogP contribution is -2.41. The summed E-state index contributed by atoms with van der Waals surface area (Å²) in [5.74, 6) is -0.0989. The van der Waals surface area contributed by atoms with Crippen LogP contribution in [0, 0.1) is 20.8 Å². The molecular weight excluding hydrogens is 452 g/mol. The standard InChI is InChI=1S/C29H36N4O3/c1-19-8-7-9-23(16-19)33-26(22-12-14-32(15-13-22)28(35)36-29(4,5)6)24(18-30-33)27(34)31-25-17-20(2)10-11-21(25)3/h7-11,16-18,22H,12-15H2,1-6H3,(H,31,34). The number of benzene rings is 2. The lowest BCUT2D eigenvalue weighted by molar-refractivity contribution is 0.0203. The zero-order chi connectivity index (χ0) is 26.0. The molecule has 0 unspecified atom stereocenters. The van der Waals surface area contributed by atoms with Crippen LogP contribution >= 0.6 is 0 Å². The van der Waals surface area contributed by atoms with Gasteiger partial charge in [0.2, 0.25) is 0 Å². The molecule has 2 heterocycles. The summed E-state index contributed by atoms with van der Waals surface area (Å²) in [5.41, 5.74) is 5.85. The summed E-state index contributed by atoms with van der Waals surface area (Å²) in [5, 5.41) is 7.76. The molecule has 7 nitrogen and oxygen atoms in total. The highest BCUT2D eigenvalue weighted by Gasteiger charge is 2.32. The number of amides is 2. The maximum Gasteiger partial charge on any atom is 0.410 e. The van der Waals surface area contributed by atoms with Gasteiger partial charge in [-0.05, 0) is 89.3 Å². The Labute approximate surface area is 213 Å². The molecular formula is C29H36N4O3. The number of ether oxygens (including phenoxy) is 1. The van der Waals surface area contributed by atoms with Crippen LogP contribution < -0.4 is 5.32 Å². The van der Waals surface area contributed by atoms with Gasteiger partial charge in [0, 0.05) is 24.7 Å². The Morgan fingerprint density at radius 1 is 1.00 bits per heavy atom. The predicted molar refractivity (Wildman–Crippen MR) is 142 cm³/mol. The van der Waals surface area contributed by atoms with Crippen LogP contribution in [0.4, 0.5) is 10.5 Å². The molecule has 7 heteroatoms. The summed E-state index contributed by atoms with van der Waals surface area (Å²) in [6.07, 6.45) is 2.82. The van der Waals surface area contributed by atoms with Gasteiger partial charge in [0.1, 0.15) is 5.60 Å². The van der Waals surface area contributed by atoms with Crippen LogP contribution in [0.15, 0.2) is 48.7 Å². The van der Waals surface area contributed by atoms with Gasteiger partial charge < -0.3 is 15.0 Å². The van der Waals surface area contributed by atoms with Crippen molar-refractivity contribution in [3.8, 4) is 5.69 Å². The monoisotopic (exact) mass is 488 g/mol. The first-order chi connectivity index (χ1) is 17.0. The van der Waals surface area contributed by atoms with Crippen molar-refractivity contribution >= 4 is 17.7 Å². The molecule has 1 N–H and O–H groups in total. The molecule has 0 spiro atoms. The molecule has 0 atom stereocenters. The van der Waals surface area contributed by atoms with E-state index in [1.54, 1.807) is 11.1 Å². The number of hydrogen-bond donors (Lipinski definition) is 1. The molecule has 1 saturated heterocycles. The Morgan fingerprint density at radius 3 is 2.36 bits per heavy atom. The fourth-order valence-electron chi connectivity index (χ4n) is 4.61. The molecule has 1 fully saturated rings. The van der Waals surface area contributed by atoms with E-state index in [0.717, 1.165) is 46.6 Å². The van der Waals surface area contributed by atoms with Gasteiger partial charge in [-0.25, -0.2) is 9.48 Å². The number of piperidine rings is 1. The molecule has 36 heavy (non-hydrogen) atoms. The van der Waals surface area contributed by atoms with Gasteiger partial charge in [-0.3, -0.25) is 4.79 Å². The lowest BCUT2D eigenvalue weighted by Gasteiger charge is -2.34. The average Bonchev–Trinajstić information content (AvgIpc) is 3.26. The normalized spacial score (nSPS) is 14.6. The SMILES string of the molecule is Cc1cccc(-n2ncc(C(=O)Nc3cc(C)ccc3C)c2C2CCN(C(=O)OC(C)(C)C)CC2)c1. The first kappa shape index (κ1) is 25.5. The Kier molecular flexibility index (Phi) is 7.20. The number of likely N-dealkylation sites (tertiary alicyclic amines) is 1. The van der Waals surface area contributed by atoms with Crippen molar-refractivity contribution in [2.24, 2.45) is 0 Å². The van der Waals surface area contributed by atoms with Crippen LogP contribution in [0.5, 0.6) is 0 Å². The van der Waals surface area contributed by atoms with Crippen LogP contribution in [0.25, 0.3) is 5.69 Å². The minimum absolute atomic E-state index is 0.0751. The maximum atomic E-state index is 13.5. The van der Waals surface area contributed by atoms with Gasteiger partial charge >= 0.3 is 6.09 Å². The number of carbonyl (C=O) groups excluding carboxylic acids is 2. The van der Waals surface area contributed by atoms with Gasteiger partial charge in [-0.2, -0.15) is 5.10 Å². The van der Waals surface area contributed by atoms with E-state index in [4.69, 9.17) is 4.74 Å². The molecule has 1 aliphatic rings. The fourth-order valence-corrected chi connectivity index (χ4v) is 4.61. The van der Waals surface area contributed by atoms with Crippen LogP contribution in [0.1, 0.15) is 72.3 Å². The topological polar surface area (TPSA) is 76.5 Å². The molecule has 2 aromatic carbocycles. The molecule has 0 bridgehead atoms. The van der Waals surface area contributed by atoms with Crippen LogP contribution in [-0.2, 0) is 4.74 Å².